The molecule has 0 spiro atoms. The summed E-state index contributed by atoms with van der Waals surface area (Å²) in [6.45, 7) is -0.316. The summed E-state index contributed by atoms with van der Waals surface area (Å²) in [5.41, 5.74) is 14.7. The van der Waals surface area contributed by atoms with E-state index < -0.39 is 29.5 Å². The van der Waals surface area contributed by atoms with Crippen LogP contribution in [0.15, 0.2) is 0 Å². The quantitative estimate of drug-likeness (QED) is 0.289. The highest BCUT2D eigenvalue weighted by molar-refractivity contribution is 6.06. The molecule has 0 saturated carbocycles. The first-order chi connectivity index (χ1) is 8.36. The Morgan fingerprint density at radius 3 is 2.17 bits per heavy atom. The molecule has 0 radical (unpaired) electrons. The summed E-state index contributed by atoms with van der Waals surface area (Å²) in [4.78, 5) is 43.6. The summed E-state index contributed by atoms with van der Waals surface area (Å²) >= 11 is 0. The predicted molar refractivity (Wildman–Crippen MR) is 61.4 cm³/mol. The van der Waals surface area contributed by atoms with Gasteiger partial charge in [0, 0.05) is 12.3 Å². The zero-order valence-electron chi connectivity index (χ0n) is 9.56. The number of carbonyl (C=O) groups is 4. The number of hydrogen-bond donors (Lipinski definition) is 4. The molecule has 0 rings (SSSR count). The molecule has 18 heavy (non-hydrogen) atoms. The highest BCUT2D eigenvalue weighted by Crippen LogP contribution is 1.98. The van der Waals surface area contributed by atoms with E-state index >= 15 is 0 Å². The summed E-state index contributed by atoms with van der Waals surface area (Å²) in [7, 11) is 0. The number of nitrogens with one attached hydrogen (secondary N) is 1. The second kappa shape index (κ2) is 7.81. The molecule has 0 aliphatic rings. The van der Waals surface area contributed by atoms with Crippen molar-refractivity contribution >= 4 is 23.5 Å². The van der Waals surface area contributed by atoms with Crippen LogP contribution in [0.5, 0.6) is 0 Å². The average molecular weight is 254 g/mol. The van der Waals surface area contributed by atoms with Gasteiger partial charge in [0.15, 0.2) is 0 Å². The smallest absolute Gasteiger partial charge is 0.293 e. The van der Waals surface area contributed by atoms with Gasteiger partial charge in [0.1, 0.15) is 6.04 Å². The van der Waals surface area contributed by atoms with E-state index in [1.165, 1.54) is 0 Å². The minimum absolute atomic E-state index is 0.0205. The minimum atomic E-state index is -1.04. The Bertz CT molecular complexity index is 421. The van der Waals surface area contributed by atoms with E-state index in [2.05, 4.69) is 5.32 Å². The molecule has 0 saturated heterocycles. The van der Waals surface area contributed by atoms with Gasteiger partial charge < -0.3 is 22.5 Å². The second-order valence-corrected chi connectivity index (χ2v) is 3.31. The fourth-order valence-electron chi connectivity index (χ4n) is 1.02. The van der Waals surface area contributed by atoms with Crippen molar-refractivity contribution in [3.63, 3.8) is 0 Å². The summed E-state index contributed by atoms with van der Waals surface area (Å²) < 4.78 is 0. The molecule has 3 amide bonds. The van der Waals surface area contributed by atoms with E-state index in [1.54, 1.807) is 0 Å². The Morgan fingerprint density at radius 1 is 1.11 bits per heavy atom. The normalized spacial score (nSPS) is 10.7. The second-order valence-electron chi connectivity index (χ2n) is 3.31. The van der Waals surface area contributed by atoms with E-state index in [-0.39, 0.29) is 19.4 Å². The highest BCUT2D eigenvalue weighted by Gasteiger charge is 2.19. The first-order valence-corrected chi connectivity index (χ1v) is 4.99. The zero-order valence-corrected chi connectivity index (χ0v) is 9.56. The van der Waals surface area contributed by atoms with E-state index in [4.69, 9.17) is 17.2 Å². The molecule has 0 fully saturated rings. The number of nitrogens with two attached hydrogens (primary N) is 3. The third kappa shape index (κ3) is 6.97. The van der Waals surface area contributed by atoms with Gasteiger partial charge in [-0.2, -0.15) is 0 Å². The first kappa shape index (κ1) is 15.6. The number of hydrogen-bond acceptors (Lipinski definition) is 5. The Balaban J connectivity index is 4.69. The van der Waals surface area contributed by atoms with E-state index in [0.29, 0.717) is 0 Å². The molecule has 0 aromatic carbocycles. The lowest BCUT2D eigenvalue weighted by Crippen LogP contribution is -2.43. The fraction of sp³-hybridized carbons (Fsp3) is 0.400. The van der Waals surface area contributed by atoms with Crippen molar-refractivity contribution in [2.24, 2.45) is 17.2 Å². The van der Waals surface area contributed by atoms with Gasteiger partial charge in [0.25, 0.3) is 5.91 Å². The third-order valence-electron chi connectivity index (χ3n) is 1.83. The van der Waals surface area contributed by atoms with Crippen LogP contribution in [0.4, 0.5) is 0 Å². The van der Waals surface area contributed by atoms with Gasteiger partial charge in [0.2, 0.25) is 17.6 Å². The lowest BCUT2D eigenvalue weighted by molar-refractivity contribution is -0.125. The molecule has 8 heteroatoms. The number of carbonyl (C=O) groups excluding carboxylic acids is 4. The van der Waals surface area contributed by atoms with Crippen LogP contribution in [0.1, 0.15) is 12.8 Å². The van der Waals surface area contributed by atoms with Crippen LogP contribution < -0.4 is 22.5 Å². The van der Waals surface area contributed by atoms with Gasteiger partial charge in [-0.25, -0.2) is 0 Å². The first-order valence-electron chi connectivity index (χ1n) is 4.99. The molecule has 0 aromatic heterocycles. The van der Waals surface area contributed by atoms with Crippen LogP contribution in [0.2, 0.25) is 0 Å². The molecule has 8 nitrogen and oxygen atoms in total. The molecule has 0 bridgehead atoms. The third-order valence-corrected chi connectivity index (χ3v) is 1.83. The maximum absolute atomic E-state index is 11.5. The van der Waals surface area contributed by atoms with Crippen molar-refractivity contribution in [2.45, 2.75) is 18.9 Å². The average Bonchev–Trinajstić information content (AvgIpc) is 2.30. The topological polar surface area (TPSA) is 158 Å². The van der Waals surface area contributed by atoms with E-state index in [9.17, 15) is 19.2 Å². The van der Waals surface area contributed by atoms with Gasteiger partial charge in [-0.1, -0.05) is 0 Å². The maximum Gasteiger partial charge on any atom is 0.293 e. The van der Waals surface area contributed by atoms with E-state index in [1.807, 2.05) is 11.8 Å². The largest absolute Gasteiger partial charge is 0.370 e. The molecule has 0 aromatic rings. The molecule has 7 N–H and O–H groups in total. The Labute approximate surface area is 103 Å². The molecular weight excluding hydrogens is 240 g/mol. The van der Waals surface area contributed by atoms with Gasteiger partial charge >= 0.3 is 0 Å². The summed E-state index contributed by atoms with van der Waals surface area (Å²) in [5, 5.41) is 2.27. The van der Waals surface area contributed by atoms with Gasteiger partial charge in [-0.3, -0.25) is 19.2 Å². The number of ketones is 1. The number of rotatable bonds is 6. The van der Waals surface area contributed by atoms with Crippen LogP contribution in [-0.4, -0.2) is 36.1 Å². The van der Waals surface area contributed by atoms with Crippen molar-refractivity contribution in [3.05, 3.63) is 0 Å². The monoisotopic (exact) mass is 254 g/mol. The van der Waals surface area contributed by atoms with Crippen LogP contribution in [-0.2, 0) is 19.2 Å². The SMILES string of the molecule is NCC(=O)N[C@@H](CCC(N)=O)C(=O)C#CC(N)=O. The Morgan fingerprint density at radius 2 is 1.72 bits per heavy atom. The minimum Gasteiger partial charge on any atom is -0.370 e. The Hall–Kier alpha value is -2.40. The predicted octanol–water partition coefficient (Wildman–Crippen LogP) is -3.25. The maximum atomic E-state index is 11.5. The van der Waals surface area contributed by atoms with Crippen LogP contribution in [0, 0.1) is 11.8 Å². The van der Waals surface area contributed by atoms with E-state index in [0.717, 1.165) is 0 Å². The van der Waals surface area contributed by atoms with Gasteiger partial charge in [-0.15, -0.1) is 0 Å². The fourth-order valence-corrected chi connectivity index (χ4v) is 1.02. The van der Waals surface area contributed by atoms with Crippen molar-refractivity contribution in [2.75, 3.05) is 6.54 Å². The summed E-state index contributed by atoms with van der Waals surface area (Å²) in [6.07, 6.45) is -0.132. The molecule has 1 atom stereocenters. The molecular formula is C10H14N4O4. The van der Waals surface area contributed by atoms with Crippen LogP contribution >= 0.6 is 0 Å². The molecule has 98 valence electrons. The van der Waals surface area contributed by atoms with Crippen molar-refractivity contribution in [1.82, 2.24) is 5.32 Å². The van der Waals surface area contributed by atoms with Crippen LogP contribution in [0.3, 0.4) is 0 Å². The number of Topliss-reactive ketones (excluding diaryl/α,β-unsaturated/α-hetero) is 1. The number of amides is 3. The molecule has 0 aliphatic heterocycles. The number of primary amides is 2. The molecule has 0 heterocycles. The molecule has 0 unspecified atom stereocenters. The van der Waals surface area contributed by atoms with Gasteiger partial charge in [0.05, 0.1) is 6.54 Å². The summed E-state index contributed by atoms with van der Waals surface area (Å²) in [6, 6.07) is -1.04. The summed E-state index contributed by atoms with van der Waals surface area (Å²) in [5.74, 6) is 0.889. The Kier molecular flexibility index (Phi) is 6.76. The van der Waals surface area contributed by atoms with Crippen molar-refractivity contribution in [1.29, 1.82) is 0 Å². The van der Waals surface area contributed by atoms with Crippen LogP contribution in [0.25, 0.3) is 0 Å². The van der Waals surface area contributed by atoms with Gasteiger partial charge in [-0.05, 0) is 12.3 Å². The van der Waals surface area contributed by atoms with Crippen molar-refractivity contribution in [3.8, 4) is 11.8 Å². The highest BCUT2D eigenvalue weighted by atomic mass is 16.2. The standard InChI is InChI=1S/C10H14N4O4/c11-5-10(18)14-6(1-3-8(12)16)7(15)2-4-9(13)17/h6H,1,3,5,11H2,(H2,12,16)(H2,13,17)(H,14,18)/t6-/m0/s1. The van der Waals surface area contributed by atoms with Crippen molar-refractivity contribution < 1.29 is 19.2 Å². The molecule has 0 aliphatic carbocycles. The lowest BCUT2D eigenvalue weighted by Gasteiger charge is -2.13. The lowest BCUT2D eigenvalue weighted by atomic mass is 10.1. The zero-order chi connectivity index (χ0) is 14.1.